The van der Waals surface area contributed by atoms with Gasteiger partial charge in [-0.3, -0.25) is 9.89 Å². The van der Waals surface area contributed by atoms with E-state index in [4.69, 9.17) is 17.0 Å². The third-order valence-corrected chi connectivity index (χ3v) is 5.23. The third-order valence-electron chi connectivity index (χ3n) is 4.92. The van der Waals surface area contributed by atoms with Crippen LogP contribution in [-0.2, 0) is 31.4 Å². The molecule has 150 valence electrons. The zero-order valence-corrected chi connectivity index (χ0v) is 17.6. The Kier molecular flexibility index (Phi) is 5.78. The Morgan fingerprint density at radius 2 is 2.11 bits per heavy atom. The fourth-order valence-corrected chi connectivity index (χ4v) is 3.70. The van der Waals surface area contributed by atoms with Crippen molar-refractivity contribution in [1.29, 1.82) is 0 Å². The quantitative estimate of drug-likeness (QED) is 0.586. The maximum atomic E-state index is 12.4. The first-order valence-corrected chi connectivity index (χ1v) is 9.55. The van der Waals surface area contributed by atoms with E-state index in [1.807, 2.05) is 32.4 Å². The van der Waals surface area contributed by atoms with E-state index in [1.54, 1.807) is 11.8 Å². The normalized spacial score (nSPS) is 11.2. The second kappa shape index (κ2) is 8.09. The number of carbonyl (C=O) groups excluding carboxylic acids is 1. The van der Waals surface area contributed by atoms with Crippen LogP contribution in [0.2, 0.25) is 0 Å². The first-order chi connectivity index (χ1) is 13.4. The average molecular weight is 404 g/mol. The molecule has 0 unspecified atom stereocenters. The molecule has 3 rings (SSSR count). The molecule has 3 heterocycles. The van der Waals surface area contributed by atoms with Gasteiger partial charge in [-0.2, -0.15) is 5.10 Å². The summed E-state index contributed by atoms with van der Waals surface area (Å²) >= 11 is 5.16. The molecular formula is C18H25N7O2S. The Bertz CT molecular complexity index is 1080. The summed E-state index contributed by atoms with van der Waals surface area (Å²) in [4.78, 5) is 17.0. The maximum absolute atomic E-state index is 12.4. The van der Waals surface area contributed by atoms with Crippen LogP contribution in [0.25, 0.3) is 11.0 Å². The Labute approximate surface area is 168 Å². The number of rotatable bonds is 7. The zero-order valence-electron chi connectivity index (χ0n) is 16.8. The standard InChI is InChI=1S/C18H25N7O2S/c1-6-25-13(21-22-18(25)28)9-19-14(26)8-7-12-10(2)15-16(20-11(12)3)24(4)23-17(15)27-5/h6-9H2,1-5H3,(H,19,26)(H,22,28). The van der Waals surface area contributed by atoms with E-state index in [0.29, 0.717) is 36.6 Å². The van der Waals surface area contributed by atoms with Crippen molar-refractivity contribution in [1.82, 2.24) is 34.8 Å². The topological polar surface area (TPSA) is 103 Å². The van der Waals surface area contributed by atoms with E-state index in [9.17, 15) is 4.79 Å². The lowest BCUT2D eigenvalue weighted by atomic mass is 10.00. The van der Waals surface area contributed by atoms with Crippen LogP contribution in [0, 0.1) is 18.6 Å². The van der Waals surface area contributed by atoms with E-state index in [-0.39, 0.29) is 5.91 Å². The molecule has 0 fully saturated rings. The molecule has 0 spiro atoms. The number of aromatic nitrogens is 6. The first-order valence-electron chi connectivity index (χ1n) is 9.14. The molecule has 0 aliphatic rings. The molecule has 0 saturated heterocycles. The van der Waals surface area contributed by atoms with Crippen LogP contribution in [-0.4, -0.2) is 42.5 Å². The molecule has 0 aromatic carbocycles. The number of H-pyrrole nitrogens is 1. The summed E-state index contributed by atoms with van der Waals surface area (Å²) in [6.07, 6.45) is 0.944. The second-order valence-electron chi connectivity index (χ2n) is 6.60. The van der Waals surface area contributed by atoms with Crippen LogP contribution in [0.4, 0.5) is 0 Å². The van der Waals surface area contributed by atoms with E-state index in [1.165, 1.54) is 0 Å². The SMILES string of the molecule is CCn1c(CNC(=O)CCc2c(C)nc3c(c(OC)nn3C)c2C)n[nH]c1=S. The highest BCUT2D eigenvalue weighted by Crippen LogP contribution is 2.30. The van der Waals surface area contributed by atoms with Crippen LogP contribution >= 0.6 is 12.2 Å². The van der Waals surface area contributed by atoms with Crippen LogP contribution in [0.5, 0.6) is 5.88 Å². The summed E-state index contributed by atoms with van der Waals surface area (Å²) in [5, 5.41) is 15.1. The van der Waals surface area contributed by atoms with Crippen LogP contribution in [0.1, 0.15) is 36.0 Å². The number of nitrogens with zero attached hydrogens (tertiary/aromatic N) is 5. The number of aromatic amines is 1. The Balaban J connectivity index is 1.72. The number of fused-ring (bicyclic) bond motifs is 1. The van der Waals surface area contributed by atoms with Gasteiger partial charge in [-0.1, -0.05) is 0 Å². The summed E-state index contributed by atoms with van der Waals surface area (Å²) in [5.41, 5.74) is 3.77. The molecule has 3 aromatic rings. The summed E-state index contributed by atoms with van der Waals surface area (Å²) in [7, 11) is 3.44. The van der Waals surface area contributed by atoms with Crippen molar-refractivity contribution in [3.63, 3.8) is 0 Å². The van der Waals surface area contributed by atoms with Crippen molar-refractivity contribution in [2.24, 2.45) is 7.05 Å². The fourth-order valence-electron chi connectivity index (χ4n) is 3.42. The molecule has 0 aliphatic carbocycles. The van der Waals surface area contributed by atoms with Crippen molar-refractivity contribution in [2.45, 2.75) is 46.7 Å². The fraction of sp³-hybridized carbons (Fsp3) is 0.500. The van der Waals surface area contributed by atoms with E-state index >= 15 is 0 Å². The molecule has 10 heteroatoms. The van der Waals surface area contributed by atoms with Gasteiger partial charge in [-0.05, 0) is 50.5 Å². The first kappa shape index (κ1) is 20.0. The number of aryl methyl sites for hydroxylation is 3. The van der Waals surface area contributed by atoms with Gasteiger partial charge in [-0.15, -0.1) is 5.10 Å². The van der Waals surface area contributed by atoms with Gasteiger partial charge < -0.3 is 14.6 Å². The van der Waals surface area contributed by atoms with Gasteiger partial charge >= 0.3 is 0 Å². The lowest BCUT2D eigenvalue weighted by Gasteiger charge is -2.11. The van der Waals surface area contributed by atoms with Crippen molar-refractivity contribution in [3.05, 3.63) is 27.4 Å². The largest absolute Gasteiger partial charge is 0.479 e. The highest BCUT2D eigenvalue weighted by atomic mass is 32.1. The molecule has 0 radical (unpaired) electrons. The lowest BCUT2D eigenvalue weighted by molar-refractivity contribution is -0.121. The highest BCUT2D eigenvalue weighted by molar-refractivity contribution is 7.71. The predicted molar refractivity (Wildman–Crippen MR) is 108 cm³/mol. The molecule has 0 bridgehead atoms. The number of ether oxygens (including phenoxy) is 1. The summed E-state index contributed by atoms with van der Waals surface area (Å²) in [6.45, 7) is 7.01. The van der Waals surface area contributed by atoms with E-state index in [2.05, 4.69) is 25.6 Å². The minimum absolute atomic E-state index is 0.0476. The summed E-state index contributed by atoms with van der Waals surface area (Å²) in [5.74, 6) is 1.22. The number of amides is 1. The molecule has 0 atom stereocenters. The van der Waals surface area contributed by atoms with Gasteiger partial charge in [0.25, 0.3) is 0 Å². The predicted octanol–water partition coefficient (Wildman–Crippen LogP) is 2.12. The van der Waals surface area contributed by atoms with Crippen LogP contribution < -0.4 is 10.1 Å². The van der Waals surface area contributed by atoms with E-state index < -0.39 is 0 Å². The Hall–Kier alpha value is -2.75. The number of carbonyl (C=O) groups is 1. The Morgan fingerprint density at radius 3 is 2.79 bits per heavy atom. The number of pyridine rings is 1. The monoisotopic (exact) mass is 403 g/mol. The van der Waals surface area contributed by atoms with Gasteiger partial charge in [-0.25, -0.2) is 9.67 Å². The molecular weight excluding hydrogens is 378 g/mol. The maximum Gasteiger partial charge on any atom is 0.242 e. The number of hydrogen-bond donors (Lipinski definition) is 2. The minimum atomic E-state index is -0.0476. The van der Waals surface area contributed by atoms with Gasteiger partial charge in [0.15, 0.2) is 16.2 Å². The average Bonchev–Trinajstić information content (AvgIpc) is 3.19. The highest BCUT2D eigenvalue weighted by Gasteiger charge is 2.18. The molecule has 2 N–H and O–H groups in total. The van der Waals surface area contributed by atoms with Crippen LogP contribution in [0.15, 0.2) is 0 Å². The van der Waals surface area contributed by atoms with E-state index in [0.717, 1.165) is 33.7 Å². The van der Waals surface area contributed by atoms with Crippen molar-refractivity contribution in [3.8, 4) is 5.88 Å². The number of hydrogen-bond acceptors (Lipinski definition) is 6. The summed E-state index contributed by atoms with van der Waals surface area (Å²) in [6, 6.07) is 0. The third kappa shape index (κ3) is 3.64. The van der Waals surface area contributed by atoms with Gasteiger partial charge in [0.2, 0.25) is 11.8 Å². The van der Waals surface area contributed by atoms with Gasteiger partial charge in [0.05, 0.1) is 19.0 Å². The minimum Gasteiger partial charge on any atom is -0.479 e. The molecule has 0 aliphatic heterocycles. The molecule has 1 amide bonds. The second-order valence-corrected chi connectivity index (χ2v) is 6.98. The number of methoxy groups -OCH3 is 1. The van der Waals surface area contributed by atoms with Crippen molar-refractivity contribution in [2.75, 3.05) is 7.11 Å². The molecule has 0 saturated carbocycles. The van der Waals surface area contributed by atoms with Crippen molar-refractivity contribution >= 4 is 29.2 Å². The molecule has 28 heavy (non-hydrogen) atoms. The van der Waals surface area contributed by atoms with Crippen LogP contribution in [0.3, 0.4) is 0 Å². The molecule has 3 aromatic heterocycles. The van der Waals surface area contributed by atoms with Gasteiger partial charge in [0.1, 0.15) is 0 Å². The van der Waals surface area contributed by atoms with Crippen molar-refractivity contribution < 1.29 is 9.53 Å². The smallest absolute Gasteiger partial charge is 0.242 e. The number of nitrogens with one attached hydrogen (secondary N) is 2. The molecule has 9 nitrogen and oxygen atoms in total. The lowest BCUT2D eigenvalue weighted by Crippen LogP contribution is -2.25. The summed E-state index contributed by atoms with van der Waals surface area (Å²) < 4.78 is 9.52. The van der Waals surface area contributed by atoms with Gasteiger partial charge in [0, 0.05) is 25.7 Å². The Morgan fingerprint density at radius 1 is 1.36 bits per heavy atom. The zero-order chi connectivity index (χ0) is 20.4.